The summed E-state index contributed by atoms with van der Waals surface area (Å²) in [5.41, 5.74) is 2.47. The van der Waals surface area contributed by atoms with Crippen molar-refractivity contribution < 1.29 is 9.53 Å². The summed E-state index contributed by atoms with van der Waals surface area (Å²) in [4.78, 5) is 19.1. The van der Waals surface area contributed by atoms with E-state index in [9.17, 15) is 4.79 Å². The summed E-state index contributed by atoms with van der Waals surface area (Å²) >= 11 is 0. The lowest BCUT2D eigenvalue weighted by atomic mass is 10.2. The maximum atomic E-state index is 12.6. The molecule has 1 fully saturated rings. The molecule has 0 bridgehead atoms. The number of piperazine rings is 1. The van der Waals surface area contributed by atoms with E-state index in [1.54, 1.807) is 0 Å². The molecule has 0 spiro atoms. The molecule has 2 aromatic rings. The first-order valence-corrected chi connectivity index (χ1v) is 10.1. The van der Waals surface area contributed by atoms with Crippen LogP contribution in [-0.4, -0.2) is 67.0 Å². The molecule has 5 nitrogen and oxygen atoms in total. The van der Waals surface area contributed by atoms with E-state index in [0.29, 0.717) is 19.7 Å². The van der Waals surface area contributed by atoms with Crippen LogP contribution in [0.15, 0.2) is 54.6 Å². The minimum absolute atomic E-state index is 0.172. The van der Waals surface area contributed by atoms with Crippen LogP contribution in [0.5, 0.6) is 5.75 Å². The Hall–Kier alpha value is -2.37. The lowest BCUT2D eigenvalue weighted by Gasteiger charge is -2.35. The predicted octanol–water partition coefficient (Wildman–Crippen LogP) is 2.86. The van der Waals surface area contributed by atoms with Crippen LogP contribution in [0.25, 0.3) is 0 Å². The highest BCUT2D eigenvalue weighted by molar-refractivity contribution is 5.78. The molecule has 0 aromatic heterocycles. The fourth-order valence-corrected chi connectivity index (χ4v) is 3.48. The van der Waals surface area contributed by atoms with Gasteiger partial charge in [0, 0.05) is 46.3 Å². The van der Waals surface area contributed by atoms with Gasteiger partial charge in [-0.3, -0.25) is 14.6 Å². The van der Waals surface area contributed by atoms with Crippen LogP contribution in [0.2, 0.25) is 0 Å². The zero-order chi connectivity index (χ0) is 19.8. The van der Waals surface area contributed by atoms with Crippen molar-refractivity contribution in [1.82, 2.24) is 14.7 Å². The standard InChI is InChI=1S/C23H31N3O2/c1-3-28-22-11-9-21(10-12-22)17-24(2)23(27)19-26-15-13-25(14-16-26)18-20-7-5-4-6-8-20/h4-12H,3,13-19H2,1-2H3. The number of nitrogens with zero attached hydrogens (tertiary/aromatic N) is 3. The number of benzene rings is 2. The monoisotopic (exact) mass is 381 g/mol. The van der Waals surface area contributed by atoms with E-state index in [4.69, 9.17) is 4.74 Å². The third-order valence-electron chi connectivity index (χ3n) is 5.15. The van der Waals surface area contributed by atoms with E-state index in [1.165, 1.54) is 5.56 Å². The van der Waals surface area contributed by atoms with Crippen LogP contribution in [0, 0.1) is 0 Å². The largest absolute Gasteiger partial charge is 0.494 e. The Kier molecular flexibility index (Phi) is 7.46. The normalized spacial score (nSPS) is 15.4. The van der Waals surface area contributed by atoms with Crippen molar-refractivity contribution in [2.24, 2.45) is 0 Å². The van der Waals surface area contributed by atoms with Gasteiger partial charge < -0.3 is 9.64 Å². The van der Waals surface area contributed by atoms with E-state index in [2.05, 4.69) is 40.1 Å². The van der Waals surface area contributed by atoms with E-state index >= 15 is 0 Å². The lowest BCUT2D eigenvalue weighted by molar-refractivity contribution is -0.132. The van der Waals surface area contributed by atoms with Crippen molar-refractivity contribution >= 4 is 5.91 Å². The number of hydrogen-bond donors (Lipinski definition) is 0. The summed E-state index contributed by atoms with van der Waals surface area (Å²) < 4.78 is 5.47. The molecule has 0 atom stereocenters. The predicted molar refractivity (Wildman–Crippen MR) is 112 cm³/mol. The van der Waals surface area contributed by atoms with E-state index in [1.807, 2.05) is 43.1 Å². The Morgan fingerprint density at radius 3 is 2.21 bits per heavy atom. The van der Waals surface area contributed by atoms with Crippen molar-refractivity contribution in [1.29, 1.82) is 0 Å². The fourth-order valence-electron chi connectivity index (χ4n) is 3.48. The number of rotatable bonds is 8. The molecule has 150 valence electrons. The Morgan fingerprint density at radius 1 is 0.929 bits per heavy atom. The van der Waals surface area contributed by atoms with Crippen LogP contribution in [-0.2, 0) is 17.9 Å². The highest BCUT2D eigenvalue weighted by Gasteiger charge is 2.20. The van der Waals surface area contributed by atoms with Crippen molar-refractivity contribution in [3.8, 4) is 5.75 Å². The zero-order valence-corrected chi connectivity index (χ0v) is 17.0. The number of amides is 1. The molecule has 0 N–H and O–H groups in total. The van der Waals surface area contributed by atoms with Gasteiger partial charge >= 0.3 is 0 Å². The molecule has 1 amide bonds. The van der Waals surface area contributed by atoms with Crippen LogP contribution in [0.3, 0.4) is 0 Å². The molecule has 0 unspecified atom stereocenters. The number of carbonyl (C=O) groups excluding carboxylic acids is 1. The first-order chi connectivity index (χ1) is 13.6. The average Bonchev–Trinajstić information content (AvgIpc) is 2.72. The third-order valence-corrected chi connectivity index (χ3v) is 5.15. The highest BCUT2D eigenvalue weighted by atomic mass is 16.5. The van der Waals surface area contributed by atoms with Crippen molar-refractivity contribution in [2.75, 3.05) is 46.4 Å². The summed E-state index contributed by atoms with van der Waals surface area (Å²) in [6.07, 6.45) is 0. The Morgan fingerprint density at radius 2 is 1.57 bits per heavy atom. The van der Waals surface area contributed by atoms with Gasteiger partial charge in [0.25, 0.3) is 0 Å². The van der Waals surface area contributed by atoms with Gasteiger partial charge in [0.05, 0.1) is 13.2 Å². The SMILES string of the molecule is CCOc1ccc(CN(C)C(=O)CN2CCN(Cc3ccccc3)CC2)cc1. The number of carbonyl (C=O) groups is 1. The van der Waals surface area contributed by atoms with Gasteiger partial charge in [-0.2, -0.15) is 0 Å². The van der Waals surface area contributed by atoms with Gasteiger partial charge in [-0.1, -0.05) is 42.5 Å². The molecule has 1 aliphatic rings. The molecule has 1 aliphatic heterocycles. The Balaban J connectivity index is 1.41. The summed E-state index contributed by atoms with van der Waals surface area (Å²) in [7, 11) is 1.88. The molecular weight excluding hydrogens is 350 g/mol. The molecule has 3 rings (SSSR count). The molecule has 0 radical (unpaired) electrons. The molecule has 28 heavy (non-hydrogen) atoms. The second-order valence-electron chi connectivity index (χ2n) is 7.36. The number of likely N-dealkylation sites (N-methyl/N-ethyl adjacent to an activating group) is 1. The molecule has 0 aliphatic carbocycles. The van der Waals surface area contributed by atoms with Crippen LogP contribution >= 0.6 is 0 Å². The highest BCUT2D eigenvalue weighted by Crippen LogP contribution is 2.14. The van der Waals surface area contributed by atoms with Gasteiger partial charge in [-0.25, -0.2) is 0 Å². The Bertz CT molecular complexity index is 725. The zero-order valence-electron chi connectivity index (χ0n) is 17.0. The number of hydrogen-bond acceptors (Lipinski definition) is 4. The summed E-state index contributed by atoms with van der Waals surface area (Å²) in [6.45, 7) is 8.63. The molecular formula is C23H31N3O2. The van der Waals surface area contributed by atoms with Gasteiger partial charge in [0.1, 0.15) is 5.75 Å². The van der Waals surface area contributed by atoms with Gasteiger partial charge in [-0.15, -0.1) is 0 Å². The van der Waals surface area contributed by atoms with E-state index in [0.717, 1.165) is 44.0 Å². The van der Waals surface area contributed by atoms with Crippen molar-refractivity contribution in [2.45, 2.75) is 20.0 Å². The maximum absolute atomic E-state index is 12.6. The van der Waals surface area contributed by atoms with Crippen LogP contribution in [0.4, 0.5) is 0 Å². The lowest BCUT2D eigenvalue weighted by Crippen LogP contribution is -2.49. The molecule has 0 saturated carbocycles. The topological polar surface area (TPSA) is 36.0 Å². The summed E-state index contributed by atoms with van der Waals surface area (Å²) in [5.74, 6) is 1.04. The maximum Gasteiger partial charge on any atom is 0.236 e. The van der Waals surface area contributed by atoms with Crippen LogP contribution < -0.4 is 4.74 Å². The minimum atomic E-state index is 0.172. The van der Waals surface area contributed by atoms with Crippen molar-refractivity contribution in [3.63, 3.8) is 0 Å². The minimum Gasteiger partial charge on any atom is -0.494 e. The molecule has 1 saturated heterocycles. The summed E-state index contributed by atoms with van der Waals surface area (Å²) in [5, 5.41) is 0. The first-order valence-electron chi connectivity index (χ1n) is 10.1. The Labute approximate surface area is 168 Å². The molecule has 5 heteroatoms. The van der Waals surface area contributed by atoms with Crippen LogP contribution in [0.1, 0.15) is 18.1 Å². The van der Waals surface area contributed by atoms with Gasteiger partial charge in [0.2, 0.25) is 5.91 Å². The third kappa shape index (κ3) is 6.08. The van der Waals surface area contributed by atoms with E-state index < -0.39 is 0 Å². The first kappa shape index (κ1) is 20.4. The quantitative estimate of drug-likeness (QED) is 0.705. The second kappa shape index (κ2) is 10.2. The van der Waals surface area contributed by atoms with Gasteiger partial charge in [0.15, 0.2) is 0 Å². The van der Waals surface area contributed by atoms with Crippen molar-refractivity contribution in [3.05, 3.63) is 65.7 Å². The van der Waals surface area contributed by atoms with E-state index in [-0.39, 0.29) is 5.91 Å². The second-order valence-corrected chi connectivity index (χ2v) is 7.36. The molecule has 2 aromatic carbocycles. The fraction of sp³-hybridized carbons (Fsp3) is 0.435. The molecule has 1 heterocycles. The summed E-state index contributed by atoms with van der Waals surface area (Å²) in [6, 6.07) is 18.5. The number of ether oxygens (including phenoxy) is 1. The van der Waals surface area contributed by atoms with Gasteiger partial charge in [-0.05, 0) is 30.2 Å². The smallest absolute Gasteiger partial charge is 0.236 e. The average molecular weight is 382 g/mol.